The Bertz CT molecular complexity index is 1440. The quantitative estimate of drug-likeness (QED) is 0.269. The second-order valence-corrected chi connectivity index (χ2v) is 11.2. The standard InChI is InChI=1S/C29H33F3N4O4S/c1-19(37)28(38)35-14-11-20(12-15-35)34-24-7-4-8-26-23(24)16-21(36(26)18-29(30,31)32)6-5-13-33-25-10-9-22(41(3)39)17-27(25)40-2/h4,7-10,16-17,19-20,33-34,37H,11-15,18H2,1-3H3. The first kappa shape index (κ1) is 30.4. The van der Waals surface area contributed by atoms with E-state index in [0.29, 0.717) is 58.9 Å². The Morgan fingerprint density at radius 3 is 2.59 bits per heavy atom. The number of anilines is 2. The Labute approximate surface area is 240 Å². The summed E-state index contributed by atoms with van der Waals surface area (Å²) in [5.41, 5.74) is 1.97. The number of ether oxygens (including phenoxy) is 1. The summed E-state index contributed by atoms with van der Waals surface area (Å²) in [5, 5.41) is 16.7. The van der Waals surface area contributed by atoms with Gasteiger partial charge in [0.2, 0.25) is 0 Å². The maximum absolute atomic E-state index is 13.6. The number of halogens is 3. The van der Waals surface area contributed by atoms with Gasteiger partial charge < -0.3 is 34.5 Å². The number of benzene rings is 2. The SMILES string of the molecule is COc1cc([S+](C)[O-])ccc1NCC#Cc1cc2c(NC3CCN(C(=O)C(C)O)CC3)cccc2n1CC(F)(F)F. The molecular weight excluding hydrogens is 557 g/mol. The number of aromatic nitrogens is 1. The molecule has 41 heavy (non-hydrogen) atoms. The molecule has 12 heteroatoms. The molecule has 2 aromatic carbocycles. The summed E-state index contributed by atoms with van der Waals surface area (Å²) >= 11 is -1.17. The number of nitrogens with zero attached hydrogens (tertiary/aromatic N) is 2. The smallest absolute Gasteiger partial charge is 0.406 e. The molecule has 220 valence electrons. The highest BCUT2D eigenvalue weighted by molar-refractivity contribution is 7.90. The maximum Gasteiger partial charge on any atom is 0.406 e. The van der Waals surface area contributed by atoms with Crippen LogP contribution in [0.1, 0.15) is 25.5 Å². The van der Waals surface area contributed by atoms with Crippen LogP contribution < -0.4 is 15.4 Å². The molecule has 1 aliphatic heterocycles. The number of hydrogen-bond acceptors (Lipinski definition) is 6. The Hall–Kier alpha value is -3.53. The van der Waals surface area contributed by atoms with Gasteiger partial charge in [0, 0.05) is 36.3 Å². The summed E-state index contributed by atoms with van der Waals surface area (Å²) in [4.78, 5) is 14.3. The Kier molecular flexibility index (Phi) is 9.63. The zero-order chi connectivity index (χ0) is 29.7. The average molecular weight is 591 g/mol. The Morgan fingerprint density at radius 2 is 1.95 bits per heavy atom. The molecule has 0 bridgehead atoms. The second-order valence-electron chi connectivity index (χ2n) is 9.86. The van der Waals surface area contributed by atoms with Crippen molar-refractivity contribution in [3.8, 4) is 17.6 Å². The highest BCUT2D eigenvalue weighted by Gasteiger charge is 2.30. The molecule has 1 saturated heterocycles. The summed E-state index contributed by atoms with van der Waals surface area (Å²) in [6, 6.07) is 12.0. The fraction of sp³-hybridized carbons (Fsp3) is 0.414. The van der Waals surface area contributed by atoms with Crippen molar-refractivity contribution in [3.63, 3.8) is 0 Å². The van der Waals surface area contributed by atoms with Crippen molar-refractivity contribution >= 4 is 39.4 Å². The summed E-state index contributed by atoms with van der Waals surface area (Å²) in [5.74, 6) is 5.98. The Morgan fingerprint density at radius 1 is 1.22 bits per heavy atom. The van der Waals surface area contributed by atoms with Gasteiger partial charge in [-0.15, -0.1) is 0 Å². The lowest BCUT2D eigenvalue weighted by molar-refractivity contribution is -0.140. The lowest BCUT2D eigenvalue weighted by atomic mass is 10.0. The lowest BCUT2D eigenvalue weighted by Gasteiger charge is -2.33. The van der Waals surface area contributed by atoms with Gasteiger partial charge in [0.25, 0.3) is 5.91 Å². The molecular formula is C29H33F3N4O4S. The van der Waals surface area contributed by atoms with Gasteiger partial charge >= 0.3 is 6.18 Å². The fourth-order valence-electron chi connectivity index (χ4n) is 4.86. The van der Waals surface area contributed by atoms with Crippen LogP contribution in [0.3, 0.4) is 0 Å². The minimum Gasteiger partial charge on any atom is -0.612 e. The van der Waals surface area contributed by atoms with Crippen molar-refractivity contribution in [2.75, 3.05) is 43.6 Å². The molecule has 0 aliphatic carbocycles. The van der Waals surface area contributed by atoms with E-state index in [1.807, 2.05) is 6.07 Å². The zero-order valence-electron chi connectivity index (χ0n) is 23.0. The molecule has 2 atom stereocenters. The van der Waals surface area contributed by atoms with Gasteiger partial charge in [-0.3, -0.25) is 4.79 Å². The number of amides is 1. The number of alkyl halides is 3. The van der Waals surface area contributed by atoms with E-state index >= 15 is 0 Å². The van der Waals surface area contributed by atoms with Gasteiger partial charge in [-0.05, 0) is 67.2 Å². The van der Waals surface area contributed by atoms with Crippen LogP contribution in [-0.4, -0.2) is 76.4 Å². The van der Waals surface area contributed by atoms with E-state index < -0.39 is 30.0 Å². The molecule has 1 aromatic heterocycles. The van der Waals surface area contributed by atoms with Crippen LogP contribution in [0.4, 0.5) is 24.5 Å². The molecule has 4 rings (SSSR count). The molecule has 0 spiro atoms. The number of fused-ring (bicyclic) bond motifs is 1. The van der Waals surface area contributed by atoms with Crippen molar-refractivity contribution < 1.29 is 32.4 Å². The first-order valence-corrected chi connectivity index (χ1v) is 14.7. The van der Waals surface area contributed by atoms with Crippen LogP contribution in [-0.2, 0) is 22.5 Å². The number of rotatable bonds is 8. The number of aliphatic hydroxyl groups is 1. The molecule has 8 nitrogen and oxygen atoms in total. The first-order chi connectivity index (χ1) is 19.5. The van der Waals surface area contributed by atoms with Gasteiger partial charge in [0.1, 0.15) is 24.7 Å². The van der Waals surface area contributed by atoms with Crippen LogP contribution in [0.15, 0.2) is 47.4 Å². The van der Waals surface area contributed by atoms with Gasteiger partial charge in [-0.25, -0.2) is 0 Å². The van der Waals surface area contributed by atoms with E-state index in [0.717, 1.165) is 0 Å². The molecule has 2 heterocycles. The molecule has 1 aliphatic rings. The van der Waals surface area contributed by atoms with Gasteiger partial charge in [-0.1, -0.05) is 12.0 Å². The highest BCUT2D eigenvalue weighted by atomic mass is 32.2. The number of carbonyl (C=O) groups excluding carboxylic acids is 1. The second kappa shape index (κ2) is 13.0. The number of nitrogens with one attached hydrogen (secondary N) is 2. The summed E-state index contributed by atoms with van der Waals surface area (Å²) < 4.78 is 58.9. The zero-order valence-corrected chi connectivity index (χ0v) is 23.9. The Balaban J connectivity index is 1.54. The first-order valence-electron chi connectivity index (χ1n) is 13.1. The van der Waals surface area contributed by atoms with Crippen molar-refractivity contribution in [1.29, 1.82) is 0 Å². The molecule has 2 unspecified atom stereocenters. The van der Waals surface area contributed by atoms with E-state index in [-0.39, 0.29) is 24.2 Å². The fourth-order valence-corrected chi connectivity index (χ4v) is 5.40. The summed E-state index contributed by atoms with van der Waals surface area (Å²) in [6.45, 7) is 1.38. The lowest BCUT2D eigenvalue weighted by Crippen LogP contribution is -2.45. The van der Waals surface area contributed by atoms with E-state index in [9.17, 15) is 27.6 Å². The molecule has 0 radical (unpaired) electrons. The minimum atomic E-state index is -4.44. The highest BCUT2D eigenvalue weighted by Crippen LogP contribution is 2.32. The largest absolute Gasteiger partial charge is 0.612 e. The third-order valence-electron chi connectivity index (χ3n) is 6.90. The van der Waals surface area contributed by atoms with Crippen LogP contribution in [0, 0.1) is 11.8 Å². The van der Waals surface area contributed by atoms with E-state index in [1.165, 1.54) is 18.6 Å². The van der Waals surface area contributed by atoms with Crippen molar-refractivity contribution in [2.24, 2.45) is 0 Å². The van der Waals surface area contributed by atoms with Crippen molar-refractivity contribution in [1.82, 2.24) is 9.47 Å². The minimum absolute atomic E-state index is 0.0230. The van der Waals surface area contributed by atoms with Gasteiger partial charge in [-0.2, -0.15) is 13.2 Å². The number of carbonyl (C=O) groups is 1. The predicted octanol–water partition coefficient (Wildman–Crippen LogP) is 4.20. The topological polar surface area (TPSA) is 102 Å². The van der Waals surface area contributed by atoms with E-state index in [2.05, 4.69) is 22.5 Å². The van der Waals surface area contributed by atoms with Crippen LogP contribution >= 0.6 is 0 Å². The van der Waals surface area contributed by atoms with Crippen LogP contribution in [0.25, 0.3) is 10.9 Å². The normalized spacial score (nSPS) is 15.7. The molecule has 3 N–H and O–H groups in total. The van der Waals surface area contributed by atoms with Crippen molar-refractivity contribution in [3.05, 3.63) is 48.2 Å². The van der Waals surface area contributed by atoms with Gasteiger partial charge in [0.05, 0.1) is 30.6 Å². The van der Waals surface area contributed by atoms with Crippen molar-refractivity contribution in [2.45, 2.75) is 49.5 Å². The molecule has 3 aromatic rings. The number of likely N-dealkylation sites (tertiary alicyclic amines) is 1. The number of hydrogen-bond donors (Lipinski definition) is 3. The molecule has 1 amide bonds. The number of aliphatic hydroxyl groups excluding tert-OH is 1. The van der Waals surface area contributed by atoms with E-state index in [1.54, 1.807) is 47.6 Å². The predicted molar refractivity (Wildman–Crippen MR) is 154 cm³/mol. The average Bonchev–Trinajstić information content (AvgIpc) is 3.27. The van der Waals surface area contributed by atoms with Crippen LogP contribution in [0.2, 0.25) is 0 Å². The molecule has 0 saturated carbocycles. The monoisotopic (exact) mass is 590 g/mol. The maximum atomic E-state index is 13.6. The van der Waals surface area contributed by atoms with Gasteiger partial charge in [0.15, 0.2) is 4.90 Å². The summed E-state index contributed by atoms with van der Waals surface area (Å²) in [7, 11) is 1.49. The third kappa shape index (κ3) is 7.61. The van der Waals surface area contributed by atoms with Crippen LogP contribution in [0.5, 0.6) is 5.75 Å². The third-order valence-corrected chi connectivity index (χ3v) is 7.81. The number of methoxy groups -OCH3 is 1. The number of piperidine rings is 1. The van der Waals surface area contributed by atoms with E-state index in [4.69, 9.17) is 4.74 Å². The summed E-state index contributed by atoms with van der Waals surface area (Å²) in [6.07, 6.45) is -2.63. The molecule has 1 fully saturated rings.